The fourth-order valence-corrected chi connectivity index (χ4v) is 6.54. The second-order valence-electron chi connectivity index (χ2n) is 11.6. The van der Waals surface area contributed by atoms with Gasteiger partial charge in [0.05, 0.1) is 11.0 Å². The average Bonchev–Trinajstić information content (AvgIpc) is 2.79. The molecule has 0 saturated carbocycles. The van der Waals surface area contributed by atoms with Gasteiger partial charge >= 0.3 is 0 Å². The first-order valence-corrected chi connectivity index (χ1v) is 11.5. The molecule has 29 heavy (non-hydrogen) atoms. The highest BCUT2D eigenvalue weighted by Gasteiger charge is 2.60. The van der Waals surface area contributed by atoms with Crippen molar-refractivity contribution >= 4 is 0 Å². The van der Waals surface area contributed by atoms with Gasteiger partial charge in [-0.1, -0.05) is 61.5 Å². The molecule has 0 bridgehead atoms. The van der Waals surface area contributed by atoms with Crippen molar-refractivity contribution in [1.82, 2.24) is 0 Å². The normalized spacial score (nSPS) is 30.4. The first-order valence-electron chi connectivity index (χ1n) is 11.5. The van der Waals surface area contributed by atoms with Gasteiger partial charge in [0.2, 0.25) is 5.69 Å². The van der Waals surface area contributed by atoms with Gasteiger partial charge in [-0.3, -0.25) is 0 Å². The fourth-order valence-electron chi connectivity index (χ4n) is 6.54. The standard InChI is InChI=1S/C28H40N/c1-11-27(9)20-18-22-21(24(3,4)26(7,8)25(22,5)6)17-19(20)23-15-13-14-16-29(23)28(27,10)12-2/h13-18H,11-12H2,1-10H3/q+1. The Kier molecular flexibility index (Phi) is 4.09. The van der Waals surface area contributed by atoms with Gasteiger partial charge in [-0.25, -0.2) is 0 Å². The molecule has 2 atom stereocenters. The number of nitrogens with zero attached hydrogens (tertiary/aromatic N) is 1. The van der Waals surface area contributed by atoms with Gasteiger partial charge in [0, 0.05) is 25.5 Å². The van der Waals surface area contributed by atoms with Crippen LogP contribution in [0.3, 0.4) is 0 Å². The Labute approximate surface area is 178 Å². The molecule has 0 amide bonds. The number of pyridine rings is 1. The predicted octanol–water partition coefficient (Wildman–Crippen LogP) is 7.04. The number of benzene rings is 1. The second-order valence-corrected chi connectivity index (χ2v) is 11.6. The van der Waals surface area contributed by atoms with Crippen LogP contribution in [0.1, 0.15) is 98.8 Å². The Morgan fingerprint density at radius 1 is 0.724 bits per heavy atom. The van der Waals surface area contributed by atoms with Crippen molar-refractivity contribution in [2.45, 2.75) is 104 Å². The molecule has 0 fully saturated rings. The van der Waals surface area contributed by atoms with Gasteiger partial charge in [-0.2, -0.15) is 4.57 Å². The zero-order valence-corrected chi connectivity index (χ0v) is 20.3. The molecule has 2 aliphatic rings. The summed E-state index contributed by atoms with van der Waals surface area (Å²) >= 11 is 0. The Hall–Kier alpha value is -1.63. The first-order chi connectivity index (χ1) is 13.3. The number of fused-ring (bicyclic) bond motifs is 4. The molecule has 1 nitrogen and oxygen atoms in total. The number of rotatable bonds is 2. The third-order valence-corrected chi connectivity index (χ3v) is 10.5. The zero-order valence-electron chi connectivity index (χ0n) is 20.3. The molecule has 4 rings (SSSR count). The number of hydrogen-bond acceptors (Lipinski definition) is 0. The lowest BCUT2D eigenvalue weighted by atomic mass is 9.59. The summed E-state index contributed by atoms with van der Waals surface area (Å²) in [6.45, 7) is 24.4. The molecule has 1 heteroatoms. The fraction of sp³-hybridized carbons (Fsp3) is 0.607. The van der Waals surface area contributed by atoms with E-state index in [0.717, 1.165) is 12.8 Å². The maximum absolute atomic E-state index is 2.62. The van der Waals surface area contributed by atoms with E-state index in [2.05, 4.69) is 110 Å². The summed E-state index contributed by atoms with van der Waals surface area (Å²) in [6.07, 6.45) is 4.57. The molecular weight excluding hydrogens is 350 g/mol. The van der Waals surface area contributed by atoms with E-state index >= 15 is 0 Å². The monoisotopic (exact) mass is 390 g/mol. The van der Waals surface area contributed by atoms with Crippen LogP contribution in [0.4, 0.5) is 0 Å². The quantitative estimate of drug-likeness (QED) is 0.484. The summed E-state index contributed by atoms with van der Waals surface area (Å²) < 4.78 is 2.57. The molecule has 1 aromatic heterocycles. The lowest BCUT2D eigenvalue weighted by Gasteiger charge is -2.46. The Balaban J connectivity index is 2.15. The zero-order chi connectivity index (χ0) is 21.6. The molecule has 156 valence electrons. The van der Waals surface area contributed by atoms with Crippen molar-refractivity contribution in [2.24, 2.45) is 5.41 Å². The summed E-state index contributed by atoms with van der Waals surface area (Å²) in [5.74, 6) is 0. The summed E-state index contributed by atoms with van der Waals surface area (Å²) in [6, 6.07) is 11.9. The first kappa shape index (κ1) is 20.6. The minimum absolute atomic E-state index is 0.0629. The van der Waals surface area contributed by atoms with Crippen LogP contribution in [-0.4, -0.2) is 0 Å². The maximum Gasteiger partial charge on any atom is 0.213 e. The van der Waals surface area contributed by atoms with E-state index in [4.69, 9.17) is 0 Å². The largest absolute Gasteiger partial charge is 0.213 e. The highest BCUT2D eigenvalue weighted by Crippen LogP contribution is 2.63. The van der Waals surface area contributed by atoms with Gasteiger partial charge in [0.15, 0.2) is 11.7 Å². The number of aromatic nitrogens is 1. The molecule has 2 unspecified atom stereocenters. The molecule has 1 aromatic carbocycles. The van der Waals surface area contributed by atoms with Gasteiger partial charge in [0.1, 0.15) is 0 Å². The van der Waals surface area contributed by atoms with Crippen LogP contribution in [0.15, 0.2) is 36.5 Å². The molecule has 1 aliphatic heterocycles. The van der Waals surface area contributed by atoms with Crippen LogP contribution in [0.25, 0.3) is 11.3 Å². The van der Waals surface area contributed by atoms with Crippen molar-refractivity contribution in [3.8, 4) is 11.3 Å². The van der Waals surface area contributed by atoms with E-state index < -0.39 is 0 Å². The SMILES string of the molecule is CCC1(C)c2cc3c(cc2-c2cccc[n+]2C1(C)CC)C(C)(C)C(C)(C)C3(C)C. The second kappa shape index (κ2) is 5.74. The Morgan fingerprint density at radius 3 is 1.86 bits per heavy atom. The predicted molar refractivity (Wildman–Crippen MR) is 123 cm³/mol. The van der Waals surface area contributed by atoms with Gasteiger partial charge in [0.25, 0.3) is 0 Å². The molecule has 1 aliphatic carbocycles. The number of hydrogen-bond donors (Lipinski definition) is 0. The van der Waals surface area contributed by atoms with Gasteiger partial charge < -0.3 is 0 Å². The van der Waals surface area contributed by atoms with E-state index in [1.165, 1.54) is 11.3 Å². The molecule has 2 heterocycles. The summed E-state index contributed by atoms with van der Waals surface area (Å²) in [5, 5.41) is 0. The van der Waals surface area contributed by atoms with Crippen LogP contribution in [0, 0.1) is 5.41 Å². The molecule has 0 spiro atoms. The van der Waals surface area contributed by atoms with E-state index in [1.807, 2.05) is 0 Å². The van der Waals surface area contributed by atoms with Crippen LogP contribution in [0.2, 0.25) is 0 Å². The smallest absolute Gasteiger partial charge is 0.192 e. The summed E-state index contributed by atoms with van der Waals surface area (Å²) in [4.78, 5) is 0. The van der Waals surface area contributed by atoms with E-state index in [9.17, 15) is 0 Å². The van der Waals surface area contributed by atoms with Crippen molar-refractivity contribution < 1.29 is 4.57 Å². The van der Waals surface area contributed by atoms with Crippen molar-refractivity contribution in [3.05, 3.63) is 53.2 Å². The van der Waals surface area contributed by atoms with Gasteiger partial charge in [-0.15, -0.1) is 0 Å². The maximum atomic E-state index is 2.62. The molecule has 0 N–H and O–H groups in total. The van der Waals surface area contributed by atoms with Crippen molar-refractivity contribution in [1.29, 1.82) is 0 Å². The molecule has 0 radical (unpaired) electrons. The van der Waals surface area contributed by atoms with Crippen LogP contribution in [0.5, 0.6) is 0 Å². The molecular formula is C28H40N+. The minimum atomic E-state index is 0.0629. The minimum Gasteiger partial charge on any atom is -0.192 e. The lowest BCUT2D eigenvalue weighted by Crippen LogP contribution is -2.67. The summed E-state index contributed by atoms with van der Waals surface area (Å²) in [7, 11) is 0. The summed E-state index contributed by atoms with van der Waals surface area (Å²) in [5.41, 5.74) is 8.10. The van der Waals surface area contributed by atoms with Crippen LogP contribution < -0.4 is 4.57 Å². The third kappa shape index (κ3) is 2.10. The van der Waals surface area contributed by atoms with Crippen molar-refractivity contribution in [2.75, 3.05) is 0 Å². The third-order valence-electron chi connectivity index (χ3n) is 10.5. The highest BCUT2D eigenvalue weighted by molar-refractivity contribution is 5.70. The average molecular weight is 391 g/mol. The van der Waals surface area contributed by atoms with Crippen LogP contribution >= 0.6 is 0 Å². The van der Waals surface area contributed by atoms with Crippen LogP contribution in [-0.2, 0) is 21.8 Å². The van der Waals surface area contributed by atoms with E-state index in [1.54, 1.807) is 16.7 Å². The van der Waals surface area contributed by atoms with Crippen molar-refractivity contribution in [3.63, 3.8) is 0 Å². The Morgan fingerprint density at radius 2 is 1.31 bits per heavy atom. The molecule has 0 saturated heterocycles. The highest BCUT2D eigenvalue weighted by atomic mass is 15.1. The van der Waals surface area contributed by atoms with E-state index in [-0.39, 0.29) is 27.2 Å². The Bertz CT molecular complexity index is 993. The van der Waals surface area contributed by atoms with E-state index in [0.29, 0.717) is 0 Å². The topological polar surface area (TPSA) is 3.88 Å². The van der Waals surface area contributed by atoms with Gasteiger partial charge in [-0.05, 0) is 58.4 Å². The lowest BCUT2D eigenvalue weighted by molar-refractivity contribution is -0.765. The molecule has 2 aromatic rings.